The standard InChI is InChI=1S/C25H21N3O4/c1-16-4-10-20(11-5-16)30-23-26-24(31-21-12-6-17(2)7-13-21)28-25(27-23)32-22-14-8-19(9-15-22)18(3)29/h4-15H,1-3H3. The molecule has 1 heterocycles. The van der Waals surface area contributed by atoms with Crippen molar-refractivity contribution in [3.63, 3.8) is 0 Å². The van der Waals surface area contributed by atoms with Crippen molar-refractivity contribution in [2.24, 2.45) is 0 Å². The fourth-order valence-corrected chi connectivity index (χ4v) is 2.74. The predicted molar refractivity (Wildman–Crippen MR) is 119 cm³/mol. The third-order valence-corrected chi connectivity index (χ3v) is 4.50. The molecule has 0 fully saturated rings. The number of hydrogen-bond donors (Lipinski definition) is 0. The summed E-state index contributed by atoms with van der Waals surface area (Å²) in [7, 11) is 0. The second-order valence-electron chi connectivity index (χ2n) is 7.20. The molecule has 0 aliphatic carbocycles. The number of carbonyl (C=O) groups excluding carboxylic acids is 1. The Morgan fingerprint density at radius 2 is 0.875 bits per heavy atom. The number of benzene rings is 3. The fraction of sp³-hybridized carbons (Fsp3) is 0.120. The van der Waals surface area contributed by atoms with E-state index in [4.69, 9.17) is 14.2 Å². The molecule has 4 aromatic rings. The van der Waals surface area contributed by atoms with Crippen LogP contribution in [0.1, 0.15) is 28.4 Å². The average molecular weight is 427 g/mol. The van der Waals surface area contributed by atoms with Crippen LogP contribution in [0.25, 0.3) is 0 Å². The van der Waals surface area contributed by atoms with Gasteiger partial charge >= 0.3 is 18.0 Å². The number of hydrogen-bond acceptors (Lipinski definition) is 7. The van der Waals surface area contributed by atoms with Gasteiger partial charge in [0.2, 0.25) is 0 Å². The normalized spacial score (nSPS) is 10.5. The molecule has 1 aromatic heterocycles. The Hall–Kier alpha value is -4.26. The molecule has 0 radical (unpaired) electrons. The van der Waals surface area contributed by atoms with Crippen molar-refractivity contribution in [2.75, 3.05) is 0 Å². The highest BCUT2D eigenvalue weighted by molar-refractivity contribution is 5.94. The smallest absolute Gasteiger partial charge is 0.331 e. The van der Waals surface area contributed by atoms with Crippen LogP contribution in [0.2, 0.25) is 0 Å². The van der Waals surface area contributed by atoms with Gasteiger partial charge in [0.05, 0.1) is 0 Å². The van der Waals surface area contributed by atoms with Crippen molar-refractivity contribution >= 4 is 5.78 Å². The lowest BCUT2D eigenvalue weighted by atomic mass is 10.1. The number of ether oxygens (including phenoxy) is 3. The Kier molecular flexibility index (Phi) is 6.07. The molecule has 0 atom stereocenters. The van der Waals surface area contributed by atoms with E-state index in [1.165, 1.54) is 6.92 Å². The van der Waals surface area contributed by atoms with Crippen LogP contribution < -0.4 is 14.2 Å². The molecule has 0 N–H and O–H groups in total. The maximum absolute atomic E-state index is 11.5. The maximum Gasteiger partial charge on any atom is 0.331 e. The Morgan fingerprint density at radius 1 is 0.562 bits per heavy atom. The molecule has 0 amide bonds. The van der Waals surface area contributed by atoms with Crippen LogP contribution in [0.5, 0.6) is 35.3 Å². The number of carbonyl (C=O) groups is 1. The molecule has 160 valence electrons. The zero-order valence-corrected chi connectivity index (χ0v) is 17.9. The van der Waals surface area contributed by atoms with Gasteiger partial charge in [-0.05, 0) is 69.3 Å². The number of ketones is 1. The first-order valence-electron chi connectivity index (χ1n) is 9.98. The molecular weight excluding hydrogens is 406 g/mol. The van der Waals surface area contributed by atoms with Crippen LogP contribution in [0, 0.1) is 13.8 Å². The highest BCUT2D eigenvalue weighted by Crippen LogP contribution is 2.27. The van der Waals surface area contributed by atoms with E-state index < -0.39 is 0 Å². The number of Topliss-reactive ketones (excluding diaryl/α,β-unsaturated/α-hetero) is 1. The fourth-order valence-electron chi connectivity index (χ4n) is 2.74. The van der Waals surface area contributed by atoms with E-state index in [1.807, 2.05) is 62.4 Å². The zero-order chi connectivity index (χ0) is 22.5. The van der Waals surface area contributed by atoms with Gasteiger partial charge in [-0.2, -0.15) is 0 Å². The highest BCUT2D eigenvalue weighted by Gasteiger charge is 2.13. The molecule has 7 heteroatoms. The lowest BCUT2D eigenvalue weighted by molar-refractivity contribution is 0.101. The summed E-state index contributed by atoms with van der Waals surface area (Å²) in [6.07, 6.45) is 0. The van der Waals surface area contributed by atoms with E-state index in [0.29, 0.717) is 22.8 Å². The largest absolute Gasteiger partial charge is 0.424 e. The minimum absolute atomic E-state index is 0.000187. The number of aromatic nitrogens is 3. The van der Waals surface area contributed by atoms with Gasteiger partial charge in [0.1, 0.15) is 17.2 Å². The average Bonchev–Trinajstić information content (AvgIpc) is 2.77. The van der Waals surface area contributed by atoms with Crippen molar-refractivity contribution in [1.29, 1.82) is 0 Å². The Morgan fingerprint density at radius 3 is 1.19 bits per heavy atom. The molecule has 0 saturated carbocycles. The van der Waals surface area contributed by atoms with Crippen LogP contribution in [0.4, 0.5) is 0 Å². The van der Waals surface area contributed by atoms with E-state index >= 15 is 0 Å². The van der Waals surface area contributed by atoms with Gasteiger partial charge in [-0.15, -0.1) is 15.0 Å². The summed E-state index contributed by atoms with van der Waals surface area (Å²) in [6, 6.07) is 21.7. The van der Waals surface area contributed by atoms with Crippen LogP contribution in [-0.2, 0) is 0 Å². The second-order valence-corrected chi connectivity index (χ2v) is 7.20. The molecular formula is C25H21N3O4. The molecule has 0 bridgehead atoms. The van der Waals surface area contributed by atoms with Crippen molar-refractivity contribution in [1.82, 2.24) is 15.0 Å². The predicted octanol–water partition coefficient (Wildman–Crippen LogP) is 6.07. The third kappa shape index (κ3) is 5.46. The molecule has 0 unspecified atom stereocenters. The molecule has 7 nitrogen and oxygen atoms in total. The number of aryl methyl sites for hydroxylation is 2. The van der Waals surface area contributed by atoms with E-state index in [9.17, 15) is 4.79 Å². The monoisotopic (exact) mass is 427 g/mol. The summed E-state index contributed by atoms with van der Waals surface area (Å²) in [6.45, 7) is 5.48. The molecule has 0 spiro atoms. The minimum atomic E-state index is -0.0284. The Balaban J connectivity index is 1.63. The van der Waals surface area contributed by atoms with Crippen LogP contribution in [0.3, 0.4) is 0 Å². The highest BCUT2D eigenvalue weighted by atomic mass is 16.5. The zero-order valence-electron chi connectivity index (χ0n) is 17.9. The van der Waals surface area contributed by atoms with Gasteiger partial charge in [-0.25, -0.2) is 0 Å². The quantitative estimate of drug-likeness (QED) is 0.331. The molecule has 4 rings (SSSR count). The molecule has 0 saturated heterocycles. The van der Waals surface area contributed by atoms with Gasteiger partial charge in [0, 0.05) is 5.56 Å². The molecule has 0 aliphatic heterocycles. The first kappa shape index (κ1) is 21.0. The number of nitrogens with zero attached hydrogens (tertiary/aromatic N) is 3. The molecule has 32 heavy (non-hydrogen) atoms. The summed E-state index contributed by atoms with van der Waals surface area (Å²) in [5.74, 6) is 1.57. The van der Waals surface area contributed by atoms with Crippen molar-refractivity contribution in [3.05, 3.63) is 89.5 Å². The van der Waals surface area contributed by atoms with Crippen LogP contribution in [-0.4, -0.2) is 20.7 Å². The second kappa shape index (κ2) is 9.26. The topological polar surface area (TPSA) is 83.4 Å². The SMILES string of the molecule is CC(=O)c1ccc(Oc2nc(Oc3ccc(C)cc3)nc(Oc3ccc(C)cc3)n2)cc1. The lowest BCUT2D eigenvalue weighted by Gasteiger charge is -2.10. The van der Waals surface area contributed by atoms with E-state index in [0.717, 1.165) is 11.1 Å². The third-order valence-electron chi connectivity index (χ3n) is 4.50. The summed E-state index contributed by atoms with van der Waals surface area (Å²) >= 11 is 0. The van der Waals surface area contributed by atoms with Gasteiger partial charge in [0.25, 0.3) is 0 Å². The van der Waals surface area contributed by atoms with Gasteiger partial charge in [-0.1, -0.05) is 35.4 Å². The lowest BCUT2D eigenvalue weighted by Crippen LogP contribution is -2.01. The van der Waals surface area contributed by atoms with Crippen molar-refractivity contribution in [2.45, 2.75) is 20.8 Å². The van der Waals surface area contributed by atoms with Crippen molar-refractivity contribution in [3.8, 4) is 35.3 Å². The summed E-state index contributed by atoms with van der Waals surface area (Å²) in [5.41, 5.74) is 2.80. The molecule has 3 aromatic carbocycles. The van der Waals surface area contributed by atoms with Gasteiger partial charge in [0.15, 0.2) is 5.78 Å². The first-order valence-corrected chi connectivity index (χ1v) is 9.98. The Labute approximate surface area is 185 Å². The Bertz CT molecular complexity index is 1160. The maximum atomic E-state index is 11.5. The van der Waals surface area contributed by atoms with Crippen molar-refractivity contribution < 1.29 is 19.0 Å². The first-order chi connectivity index (χ1) is 15.4. The van der Waals surface area contributed by atoms with Crippen LogP contribution >= 0.6 is 0 Å². The van der Waals surface area contributed by atoms with Gasteiger partial charge < -0.3 is 14.2 Å². The molecule has 0 aliphatic rings. The number of rotatable bonds is 7. The summed E-state index contributed by atoms with van der Waals surface area (Å²) < 4.78 is 17.4. The van der Waals surface area contributed by atoms with E-state index in [-0.39, 0.29) is 23.8 Å². The van der Waals surface area contributed by atoms with Gasteiger partial charge in [-0.3, -0.25) is 4.79 Å². The summed E-state index contributed by atoms with van der Waals surface area (Å²) in [4.78, 5) is 24.2. The summed E-state index contributed by atoms with van der Waals surface area (Å²) in [5, 5.41) is 0. The van der Waals surface area contributed by atoms with E-state index in [2.05, 4.69) is 15.0 Å². The van der Waals surface area contributed by atoms with E-state index in [1.54, 1.807) is 24.3 Å². The minimum Gasteiger partial charge on any atom is -0.424 e. The van der Waals surface area contributed by atoms with Crippen LogP contribution in [0.15, 0.2) is 72.8 Å².